The van der Waals surface area contributed by atoms with Gasteiger partial charge in [0.2, 0.25) is 0 Å². The molecule has 90 valence electrons. The molecule has 2 heteroatoms. The molecular weight excluding hydrogens is 198 g/mol. The molecule has 0 fully saturated rings. The standard InChI is InChI=1S/C14H23NO/c1-5-15-14(10-16-4)9-13-8-11(2)6-7-12(13)3/h6-8,14-15H,5,9-10H2,1-4H3. The SMILES string of the molecule is CCNC(COC)Cc1cc(C)ccc1C. The van der Waals surface area contributed by atoms with Gasteiger partial charge in [-0.05, 0) is 37.9 Å². The molecule has 0 saturated heterocycles. The molecule has 16 heavy (non-hydrogen) atoms. The Morgan fingerprint density at radius 3 is 2.69 bits per heavy atom. The van der Waals surface area contributed by atoms with Crippen molar-refractivity contribution in [3.63, 3.8) is 0 Å². The second kappa shape index (κ2) is 6.66. The van der Waals surface area contributed by atoms with Gasteiger partial charge in [0.25, 0.3) is 0 Å². The van der Waals surface area contributed by atoms with Crippen LogP contribution in [0.1, 0.15) is 23.6 Å². The number of hydrogen-bond donors (Lipinski definition) is 1. The number of likely N-dealkylation sites (N-methyl/N-ethyl adjacent to an activating group) is 1. The highest BCUT2D eigenvalue weighted by Gasteiger charge is 2.09. The van der Waals surface area contributed by atoms with Crippen LogP contribution in [0, 0.1) is 13.8 Å². The zero-order chi connectivity index (χ0) is 12.0. The van der Waals surface area contributed by atoms with Crippen molar-refractivity contribution >= 4 is 0 Å². The minimum absolute atomic E-state index is 0.413. The van der Waals surface area contributed by atoms with Crippen LogP contribution >= 0.6 is 0 Å². The van der Waals surface area contributed by atoms with Gasteiger partial charge in [-0.2, -0.15) is 0 Å². The molecule has 1 aromatic carbocycles. The Labute approximate surface area is 99.0 Å². The summed E-state index contributed by atoms with van der Waals surface area (Å²) < 4.78 is 5.24. The molecule has 1 rings (SSSR count). The molecule has 0 aliphatic rings. The van der Waals surface area contributed by atoms with Gasteiger partial charge in [-0.25, -0.2) is 0 Å². The summed E-state index contributed by atoms with van der Waals surface area (Å²) in [6.07, 6.45) is 1.04. The Bertz CT molecular complexity index is 317. The van der Waals surface area contributed by atoms with Gasteiger partial charge in [0, 0.05) is 13.2 Å². The van der Waals surface area contributed by atoms with Crippen LogP contribution in [0.2, 0.25) is 0 Å². The summed E-state index contributed by atoms with van der Waals surface area (Å²) in [6.45, 7) is 8.19. The Balaban J connectivity index is 2.71. The van der Waals surface area contributed by atoms with Gasteiger partial charge >= 0.3 is 0 Å². The number of rotatable bonds is 6. The number of benzene rings is 1. The largest absolute Gasteiger partial charge is 0.383 e. The lowest BCUT2D eigenvalue weighted by molar-refractivity contribution is 0.167. The summed E-state index contributed by atoms with van der Waals surface area (Å²) in [7, 11) is 1.76. The summed E-state index contributed by atoms with van der Waals surface area (Å²) >= 11 is 0. The van der Waals surface area contributed by atoms with Crippen molar-refractivity contribution in [2.24, 2.45) is 0 Å². The van der Waals surface area contributed by atoms with E-state index in [0.29, 0.717) is 6.04 Å². The molecule has 1 aromatic rings. The topological polar surface area (TPSA) is 21.3 Å². The average Bonchev–Trinajstić information content (AvgIpc) is 2.24. The smallest absolute Gasteiger partial charge is 0.0619 e. The molecule has 0 saturated carbocycles. The summed E-state index contributed by atoms with van der Waals surface area (Å²) in [5, 5.41) is 3.45. The first kappa shape index (κ1) is 13.2. The van der Waals surface area contributed by atoms with Crippen LogP contribution in [0.15, 0.2) is 18.2 Å². The molecule has 0 heterocycles. The molecule has 1 unspecified atom stereocenters. The van der Waals surface area contributed by atoms with Crippen LogP contribution < -0.4 is 5.32 Å². The number of aryl methyl sites for hydroxylation is 2. The monoisotopic (exact) mass is 221 g/mol. The van der Waals surface area contributed by atoms with Crippen molar-refractivity contribution in [1.29, 1.82) is 0 Å². The third-order valence-electron chi connectivity index (χ3n) is 2.83. The predicted octanol–water partition coefficient (Wildman–Crippen LogP) is 2.47. The fourth-order valence-corrected chi connectivity index (χ4v) is 1.97. The maximum Gasteiger partial charge on any atom is 0.0619 e. The van der Waals surface area contributed by atoms with Gasteiger partial charge in [0.05, 0.1) is 6.61 Å². The Morgan fingerprint density at radius 2 is 2.06 bits per heavy atom. The summed E-state index contributed by atoms with van der Waals surface area (Å²) in [5.74, 6) is 0. The zero-order valence-electron chi connectivity index (χ0n) is 10.8. The van der Waals surface area contributed by atoms with Crippen LogP contribution in [-0.2, 0) is 11.2 Å². The first-order chi connectivity index (χ1) is 7.67. The van der Waals surface area contributed by atoms with E-state index in [1.165, 1.54) is 16.7 Å². The fourth-order valence-electron chi connectivity index (χ4n) is 1.97. The lowest BCUT2D eigenvalue weighted by Gasteiger charge is -2.18. The summed E-state index contributed by atoms with van der Waals surface area (Å²) in [6, 6.07) is 7.04. The maximum absolute atomic E-state index is 5.24. The van der Waals surface area contributed by atoms with E-state index in [1.807, 2.05) is 0 Å². The highest BCUT2D eigenvalue weighted by Crippen LogP contribution is 2.13. The molecule has 2 nitrogen and oxygen atoms in total. The predicted molar refractivity (Wildman–Crippen MR) is 69.0 cm³/mol. The van der Waals surface area contributed by atoms with E-state index in [9.17, 15) is 0 Å². The van der Waals surface area contributed by atoms with Crippen LogP contribution in [0.3, 0.4) is 0 Å². The average molecular weight is 221 g/mol. The normalized spacial score (nSPS) is 12.8. The molecule has 1 atom stereocenters. The lowest BCUT2D eigenvalue weighted by Crippen LogP contribution is -2.35. The van der Waals surface area contributed by atoms with Crippen molar-refractivity contribution in [3.05, 3.63) is 34.9 Å². The van der Waals surface area contributed by atoms with Crippen molar-refractivity contribution in [3.8, 4) is 0 Å². The maximum atomic E-state index is 5.24. The molecule has 0 radical (unpaired) electrons. The van der Waals surface area contributed by atoms with Gasteiger partial charge < -0.3 is 10.1 Å². The number of hydrogen-bond acceptors (Lipinski definition) is 2. The van der Waals surface area contributed by atoms with E-state index < -0.39 is 0 Å². The van der Waals surface area contributed by atoms with Gasteiger partial charge in [0.15, 0.2) is 0 Å². The van der Waals surface area contributed by atoms with Crippen molar-refractivity contribution in [2.75, 3.05) is 20.3 Å². The Kier molecular flexibility index (Phi) is 5.50. The lowest BCUT2D eigenvalue weighted by atomic mass is 9.99. The van der Waals surface area contributed by atoms with Gasteiger partial charge in [-0.15, -0.1) is 0 Å². The third-order valence-corrected chi connectivity index (χ3v) is 2.83. The second-order valence-corrected chi connectivity index (χ2v) is 4.34. The highest BCUT2D eigenvalue weighted by molar-refractivity contribution is 5.31. The van der Waals surface area contributed by atoms with E-state index >= 15 is 0 Å². The molecular formula is C14H23NO. The van der Waals surface area contributed by atoms with Crippen molar-refractivity contribution < 1.29 is 4.74 Å². The van der Waals surface area contributed by atoms with Crippen molar-refractivity contribution in [2.45, 2.75) is 33.2 Å². The van der Waals surface area contributed by atoms with Crippen LogP contribution in [-0.4, -0.2) is 26.3 Å². The third kappa shape index (κ3) is 3.95. The molecule has 0 amide bonds. The molecule has 1 N–H and O–H groups in total. The minimum Gasteiger partial charge on any atom is -0.383 e. The summed E-state index contributed by atoms with van der Waals surface area (Å²) in [5.41, 5.74) is 4.11. The van der Waals surface area contributed by atoms with E-state index in [0.717, 1.165) is 19.6 Å². The van der Waals surface area contributed by atoms with Crippen LogP contribution in [0.5, 0.6) is 0 Å². The quantitative estimate of drug-likeness (QED) is 0.797. The van der Waals surface area contributed by atoms with Gasteiger partial charge in [0.1, 0.15) is 0 Å². The molecule has 0 aliphatic carbocycles. The number of methoxy groups -OCH3 is 1. The zero-order valence-corrected chi connectivity index (χ0v) is 10.8. The van der Waals surface area contributed by atoms with E-state index in [1.54, 1.807) is 7.11 Å². The van der Waals surface area contributed by atoms with Crippen LogP contribution in [0.25, 0.3) is 0 Å². The highest BCUT2D eigenvalue weighted by atomic mass is 16.5. The van der Waals surface area contributed by atoms with Gasteiger partial charge in [-0.3, -0.25) is 0 Å². The van der Waals surface area contributed by atoms with Gasteiger partial charge in [-0.1, -0.05) is 30.7 Å². The fraction of sp³-hybridized carbons (Fsp3) is 0.571. The van der Waals surface area contributed by atoms with E-state index in [4.69, 9.17) is 4.74 Å². The first-order valence-electron chi connectivity index (χ1n) is 5.95. The van der Waals surface area contributed by atoms with Crippen LogP contribution in [0.4, 0.5) is 0 Å². The first-order valence-corrected chi connectivity index (χ1v) is 5.95. The molecule has 0 bridgehead atoms. The van der Waals surface area contributed by atoms with Crippen molar-refractivity contribution in [1.82, 2.24) is 5.32 Å². The molecule has 0 aromatic heterocycles. The number of ether oxygens (including phenoxy) is 1. The molecule has 0 spiro atoms. The second-order valence-electron chi connectivity index (χ2n) is 4.34. The van der Waals surface area contributed by atoms with E-state index in [-0.39, 0.29) is 0 Å². The number of nitrogens with one attached hydrogen (secondary N) is 1. The Hall–Kier alpha value is -0.860. The summed E-state index contributed by atoms with van der Waals surface area (Å²) in [4.78, 5) is 0. The molecule has 0 aliphatic heterocycles. The van der Waals surface area contributed by atoms with E-state index in [2.05, 4.69) is 44.3 Å². The Morgan fingerprint density at radius 1 is 1.31 bits per heavy atom. The minimum atomic E-state index is 0.413.